The van der Waals surface area contributed by atoms with E-state index in [9.17, 15) is 18.4 Å². The molecule has 1 fully saturated rings. The third-order valence-corrected chi connectivity index (χ3v) is 4.83. The maximum atomic E-state index is 13.6. The van der Waals surface area contributed by atoms with E-state index < -0.39 is 17.5 Å². The second kappa shape index (κ2) is 11.1. The van der Waals surface area contributed by atoms with Crippen LogP contribution < -0.4 is 5.32 Å². The van der Waals surface area contributed by atoms with Crippen LogP contribution in [0.1, 0.15) is 29.6 Å². The van der Waals surface area contributed by atoms with E-state index in [1.165, 1.54) is 0 Å². The first-order chi connectivity index (χ1) is 13.4. The second-order valence-electron chi connectivity index (χ2n) is 7.36. The number of hydrogen-bond acceptors (Lipinski definition) is 4. The number of nitrogens with zero attached hydrogens (tertiary/aromatic N) is 3. The summed E-state index contributed by atoms with van der Waals surface area (Å²) in [5.74, 6) is -2.14. The Hall–Kier alpha value is -2.06. The average Bonchev–Trinajstić information content (AvgIpc) is 2.89. The van der Waals surface area contributed by atoms with Crippen molar-refractivity contribution in [2.45, 2.75) is 19.3 Å². The molecular weight excluding hydrogens is 366 g/mol. The van der Waals surface area contributed by atoms with Crippen LogP contribution in [0.2, 0.25) is 0 Å². The lowest BCUT2D eigenvalue weighted by Crippen LogP contribution is -2.37. The molecule has 1 aromatic carbocycles. The molecule has 1 saturated heterocycles. The van der Waals surface area contributed by atoms with Gasteiger partial charge in [-0.25, -0.2) is 8.78 Å². The maximum Gasteiger partial charge on any atom is 0.254 e. The number of carbonyl (C=O) groups is 2. The van der Waals surface area contributed by atoms with E-state index in [4.69, 9.17) is 0 Å². The van der Waals surface area contributed by atoms with Crippen LogP contribution in [0.3, 0.4) is 0 Å². The first kappa shape index (κ1) is 22.2. The van der Waals surface area contributed by atoms with Crippen LogP contribution >= 0.6 is 0 Å². The molecule has 1 N–H and O–H groups in total. The molecule has 8 heteroatoms. The van der Waals surface area contributed by atoms with E-state index in [1.807, 2.05) is 4.90 Å². The molecule has 6 nitrogen and oxygen atoms in total. The molecule has 0 aromatic heterocycles. The van der Waals surface area contributed by atoms with Gasteiger partial charge in [0.05, 0.1) is 5.56 Å². The summed E-state index contributed by atoms with van der Waals surface area (Å²) in [5.41, 5.74) is -0.196. The first-order valence-corrected chi connectivity index (χ1v) is 9.75. The van der Waals surface area contributed by atoms with Crippen molar-refractivity contribution in [1.29, 1.82) is 0 Å². The molecule has 0 aliphatic carbocycles. The van der Waals surface area contributed by atoms with E-state index in [0.717, 1.165) is 57.8 Å². The van der Waals surface area contributed by atoms with E-state index in [2.05, 4.69) is 29.2 Å². The molecule has 0 unspecified atom stereocenters. The predicted molar refractivity (Wildman–Crippen MR) is 104 cm³/mol. The summed E-state index contributed by atoms with van der Waals surface area (Å²) in [7, 11) is 4.10. The molecule has 1 aliphatic heterocycles. The minimum atomic E-state index is -0.892. The summed E-state index contributed by atoms with van der Waals surface area (Å²) in [4.78, 5) is 30.8. The summed E-state index contributed by atoms with van der Waals surface area (Å²) < 4.78 is 26.5. The standard InChI is InChI=1S/C20H30F2N4O2/c1-24(2)11-12-25-9-4-10-26(14-13-25)19(27)5-3-8-23-20(28)17-7-6-16(21)15-18(17)22/h6-7,15H,3-5,8-14H2,1-2H3,(H,23,28). The highest BCUT2D eigenvalue weighted by Gasteiger charge is 2.19. The molecule has 1 aromatic rings. The van der Waals surface area contributed by atoms with Crippen molar-refractivity contribution in [2.75, 3.05) is 59.9 Å². The molecule has 28 heavy (non-hydrogen) atoms. The average molecular weight is 396 g/mol. The number of benzene rings is 1. The van der Waals surface area contributed by atoms with Gasteiger partial charge in [-0.3, -0.25) is 9.59 Å². The quantitative estimate of drug-likeness (QED) is 0.678. The fourth-order valence-corrected chi connectivity index (χ4v) is 3.15. The fraction of sp³-hybridized carbons (Fsp3) is 0.600. The first-order valence-electron chi connectivity index (χ1n) is 9.75. The molecular formula is C20H30F2N4O2. The number of likely N-dealkylation sites (N-methyl/N-ethyl adjacent to an activating group) is 1. The third-order valence-electron chi connectivity index (χ3n) is 4.83. The van der Waals surface area contributed by atoms with Gasteiger partial charge in [0.1, 0.15) is 11.6 Å². The van der Waals surface area contributed by atoms with Crippen molar-refractivity contribution in [2.24, 2.45) is 0 Å². The van der Waals surface area contributed by atoms with Gasteiger partial charge in [-0.15, -0.1) is 0 Å². The summed E-state index contributed by atoms with van der Waals surface area (Å²) in [6.07, 6.45) is 1.78. The fourth-order valence-electron chi connectivity index (χ4n) is 3.15. The number of halogens is 2. The van der Waals surface area contributed by atoms with Gasteiger partial charge in [0.15, 0.2) is 0 Å². The largest absolute Gasteiger partial charge is 0.352 e. The summed E-state index contributed by atoms with van der Waals surface area (Å²) in [6.45, 7) is 5.62. The van der Waals surface area contributed by atoms with E-state index in [-0.39, 0.29) is 18.0 Å². The van der Waals surface area contributed by atoms with Crippen LogP contribution in [0, 0.1) is 11.6 Å². The number of carbonyl (C=O) groups excluding carboxylic acids is 2. The number of nitrogens with one attached hydrogen (secondary N) is 1. The normalized spacial score (nSPS) is 15.5. The van der Waals surface area contributed by atoms with Gasteiger partial charge in [-0.05, 0) is 45.6 Å². The molecule has 0 atom stereocenters. The SMILES string of the molecule is CN(C)CCN1CCCN(C(=O)CCCNC(=O)c2ccc(F)cc2F)CC1. The van der Waals surface area contributed by atoms with Crippen molar-refractivity contribution in [3.05, 3.63) is 35.4 Å². The van der Waals surface area contributed by atoms with E-state index in [1.54, 1.807) is 0 Å². The minimum Gasteiger partial charge on any atom is -0.352 e. The van der Waals surface area contributed by atoms with Crippen LogP contribution in [0.5, 0.6) is 0 Å². The highest BCUT2D eigenvalue weighted by molar-refractivity contribution is 5.94. The number of rotatable bonds is 8. The molecule has 2 amide bonds. The zero-order valence-electron chi connectivity index (χ0n) is 16.7. The van der Waals surface area contributed by atoms with Crippen molar-refractivity contribution >= 4 is 11.8 Å². The lowest BCUT2D eigenvalue weighted by atomic mass is 10.2. The second-order valence-corrected chi connectivity index (χ2v) is 7.36. The Morgan fingerprint density at radius 2 is 1.93 bits per heavy atom. The van der Waals surface area contributed by atoms with E-state index in [0.29, 0.717) is 18.9 Å². The maximum absolute atomic E-state index is 13.6. The topological polar surface area (TPSA) is 55.9 Å². The number of hydrogen-bond donors (Lipinski definition) is 1. The Morgan fingerprint density at radius 1 is 1.14 bits per heavy atom. The molecule has 0 spiro atoms. The van der Waals surface area contributed by atoms with Gasteiger partial charge in [0, 0.05) is 51.8 Å². The summed E-state index contributed by atoms with van der Waals surface area (Å²) >= 11 is 0. The summed E-state index contributed by atoms with van der Waals surface area (Å²) in [5, 5.41) is 2.58. The Labute approximate surface area is 165 Å². The van der Waals surface area contributed by atoms with Gasteiger partial charge in [-0.1, -0.05) is 0 Å². The Bertz CT molecular complexity index is 670. The van der Waals surface area contributed by atoms with Crippen molar-refractivity contribution in [3.8, 4) is 0 Å². The lowest BCUT2D eigenvalue weighted by molar-refractivity contribution is -0.131. The van der Waals surface area contributed by atoms with Gasteiger partial charge >= 0.3 is 0 Å². The smallest absolute Gasteiger partial charge is 0.254 e. The van der Waals surface area contributed by atoms with Gasteiger partial charge < -0.3 is 20.0 Å². The van der Waals surface area contributed by atoms with Gasteiger partial charge in [0.2, 0.25) is 5.91 Å². The molecule has 0 bridgehead atoms. The third kappa shape index (κ3) is 7.16. The van der Waals surface area contributed by atoms with E-state index >= 15 is 0 Å². The molecule has 2 rings (SSSR count). The molecule has 1 aliphatic rings. The van der Waals surface area contributed by atoms with Crippen LogP contribution in [0.15, 0.2) is 18.2 Å². The Kier molecular flexibility index (Phi) is 8.79. The van der Waals surface area contributed by atoms with Gasteiger partial charge in [0.25, 0.3) is 5.91 Å². The molecule has 0 saturated carbocycles. The molecule has 0 radical (unpaired) electrons. The van der Waals surface area contributed by atoms with Crippen LogP contribution in [0.25, 0.3) is 0 Å². The highest BCUT2D eigenvalue weighted by atomic mass is 19.1. The van der Waals surface area contributed by atoms with Crippen molar-refractivity contribution in [3.63, 3.8) is 0 Å². The number of amides is 2. The Morgan fingerprint density at radius 3 is 2.64 bits per heavy atom. The summed E-state index contributed by atoms with van der Waals surface area (Å²) in [6, 6.07) is 2.84. The van der Waals surface area contributed by atoms with Crippen LogP contribution in [-0.2, 0) is 4.79 Å². The zero-order chi connectivity index (χ0) is 20.5. The van der Waals surface area contributed by atoms with Gasteiger partial charge in [-0.2, -0.15) is 0 Å². The van der Waals surface area contributed by atoms with Crippen LogP contribution in [0.4, 0.5) is 8.78 Å². The van der Waals surface area contributed by atoms with Crippen LogP contribution in [-0.4, -0.2) is 86.4 Å². The predicted octanol–water partition coefficient (Wildman–Crippen LogP) is 1.57. The molecule has 156 valence electrons. The lowest BCUT2D eigenvalue weighted by Gasteiger charge is -2.23. The minimum absolute atomic E-state index is 0.0803. The Balaban J connectivity index is 1.68. The zero-order valence-corrected chi connectivity index (χ0v) is 16.7. The monoisotopic (exact) mass is 396 g/mol. The molecule has 1 heterocycles. The van der Waals surface area contributed by atoms with Crippen molar-refractivity contribution in [1.82, 2.24) is 20.0 Å². The van der Waals surface area contributed by atoms with Crippen molar-refractivity contribution < 1.29 is 18.4 Å². The highest BCUT2D eigenvalue weighted by Crippen LogP contribution is 2.10.